The van der Waals surface area contributed by atoms with Crippen LogP contribution in [0.15, 0.2) is 88.9 Å². The van der Waals surface area contributed by atoms with Crippen molar-refractivity contribution in [2.45, 2.75) is 18.7 Å². The first-order valence-electron chi connectivity index (χ1n) is 12.2. The van der Waals surface area contributed by atoms with Gasteiger partial charge in [0.05, 0.1) is 31.0 Å². The number of methoxy groups -OCH3 is 2. The molecule has 1 aromatic heterocycles. The SMILES string of the molecule is COc1ccc(S(=O)(=O)N(CC(=O)N/N=C\c2cc(C)n(-c3ccc(F)cc3)c2C)c2ccccc2)cc1OC. The molecule has 1 amide bonds. The van der Waals surface area contributed by atoms with Crippen LogP contribution in [-0.2, 0) is 14.8 Å². The number of carbonyl (C=O) groups is 1. The van der Waals surface area contributed by atoms with E-state index < -0.39 is 22.5 Å². The molecule has 208 valence electrons. The first-order chi connectivity index (χ1) is 19.1. The molecule has 0 saturated carbocycles. The highest BCUT2D eigenvalue weighted by Gasteiger charge is 2.28. The molecule has 0 atom stereocenters. The van der Waals surface area contributed by atoms with Crippen molar-refractivity contribution in [1.29, 1.82) is 0 Å². The van der Waals surface area contributed by atoms with Gasteiger partial charge in [-0.1, -0.05) is 18.2 Å². The lowest BCUT2D eigenvalue weighted by Gasteiger charge is -2.24. The number of hydrogen-bond acceptors (Lipinski definition) is 6. The predicted molar refractivity (Wildman–Crippen MR) is 151 cm³/mol. The van der Waals surface area contributed by atoms with E-state index in [0.29, 0.717) is 11.4 Å². The number of sulfonamides is 1. The predicted octanol–water partition coefficient (Wildman–Crippen LogP) is 4.60. The molecule has 0 radical (unpaired) electrons. The molecule has 0 bridgehead atoms. The summed E-state index contributed by atoms with van der Waals surface area (Å²) in [6, 6.07) is 20.5. The molecule has 0 unspecified atom stereocenters. The molecule has 1 heterocycles. The molecule has 0 aliphatic heterocycles. The van der Waals surface area contributed by atoms with E-state index in [4.69, 9.17) is 9.47 Å². The van der Waals surface area contributed by atoms with Crippen molar-refractivity contribution >= 4 is 27.8 Å². The van der Waals surface area contributed by atoms with Gasteiger partial charge >= 0.3 is 0 Å². The van der Waals surface area contributed by atoms with Crippen molar-refractivity contribution in [1.82, 2.24) is 9.99 Å². The van der Waals surface area contributed by atoms with Crippen LogP contribution in [0.5, 0.6) is 11.5 Å². The summed E-state index contributed by atoms with van der Waals surface area (Å²) in [5.74, 6) is -0.354. The number of para-hydroxylation sites is 1. The normalized spacial score (nSPS) is 11.4. The minimum absolute atomic E-state index is 0.0708. The number of carbonyl (C=O) groups excluding carboxylic acids is 1. The molecular formula is C29H29FN4O5S. The van der Waals surface area contributed by atoms with Crippen LogP contribution in [0.4, 0.5) is 10.1 Å². The van der Waals surface area contributed by atoms with E-state index in [-0.39, 0.29) is 16.5 Å². The zero-order chi connectivity index (χ0) is 28.9. The largest absolute Gasteiger partial charge is 0.493 e. The summed E-state index contributed by atoms with van der Waals surface area (Å²) >= 11 is 0. The minimum Gasteiger partial charge on any atom is -0.493 e. The fourth-order valence-corrected chi connectivity index (χ4v) is 5.70. The lowest BCUT2D eigenvalue weighted by molar-refractivity contribution is -0.119. The fraction of sp³-hybridized carbons (Fsp3) is 0.172. The van der Waals surface area contributed by atoms with Gasteiger partial charge in [-0.25, -0.2) is 18.2 Å². The first kappa shape index (κ1) is 28.4. The maximum atomic E-state index is 13.7. The van der Waals surface area contributed by atoms with Crippen LogP contribution in [0.25, 0.3) is 5.69 Å². The number of nitrogens with one attached hydrogen (secondary N) is 1. The number of halogens is 1. The van der Waals surface area contributed by atoms with Gasteiger partial charge < -0.3 is 14.0 Å². The van der Waals surface area contributed by atoms with Gasteiger partial charge in [0.15, 0.2) is 11.5 Å². The van der Waals surface area contributed by atoms with Gasteiger partial charge in [0.25, 0.3) is 15.9 Å². The van der Waals surface area contributed by atoms with Gasteiger partial charge in [-0.3, -0.25) is 9.10 Å². The number of benzene rings is 3. The molecule has 9 nitrogen and oxygen atoms in total. The van der Waals surface area contributed by atoms with Crippen molar-refractivity contribution < 1.29 is 27.1 Å². The Kier molecular flexibility index (Phi) is 8.54. The van der Waals surface area contributed by atoms with Gasteiger partial charge in [-0.15, -0.1) is 0 Å². The maximum absolute atomic E-state index is 13.7. The van der Waals surface area contributed by atoms with Gasteiger partial charge in [-0.2, -0.15) is 5.10 Å². The van der Waals surface area contributed by atoms with Crippen molar-refractivity contribution in [3.63, 3.8) is 0 Å². The molecule has 0 fully saturated rings. The third-order valence-corrected chi connectivity index (χ3v) is 7.99. The summed E-state index contributed by atoms with van der Waals surface area (Å²) in [5, 5.41) is 4.06. The third-order valence-electron chi connectivity index (χ3n) is 6.22. The molecule has 4 rings (SSSR count). The molecule has 1 N–H and O–H groups in total. The monoisotopic (exact) mass is 564 g/mol. The highest BCUT2D eigenvalue weighted by Crippen LogP contribution is 2.32. The molecule has 0 spiro atoms. The van der Waals surface area contributed by atoms with Crippen LogP contribution in [-0.4, -0.2) is 45.9 Å². The smallest absolute Gasteiger partial charge is 0.264 e. The van der Waals surface area contributed by atoms with E-state index in [1.807, 2.05) is 24.5 Å². The number of aryl methyl sites for hydroxylation is 1. The Morgan fingerprint density at radius 2 is 1.65 bits per heavy atom. The molecule has 0 aliphatic carbocycles. The number of nitrogens with zero attached hydrogens (tertiary/aromatic N) is 3. The van der Waals surface area contributed by atoms with Crippen molar-refractivity contribution in [3.05, 3.63) is 102 Å². The standard InChI is InChI=1S/C29H29FN4O5S/c1-20-16-22(21(2)34(20)25-12-10-23(30)11-13-25)18-31-32-29(35)19-33(24-8-6-5-7-9-24)40(36,37)26-14-15-27(38-3)28(17-26)39-4/h5-18H,19H2,1-4H3,(H,32,35)/b31-18-. The number of ether oxygens (including phenoxy) is 2. The second-order valence-electron chi connectivity index (χ2n) is 8.80. The summed E-state index contributed by atoms with van der Waals surface area (Å²) in [4.78, 5) is 12.8. The number of rotatable bonds is 10. The molecule has 0 aliphatic rings. The summed E-state index contributed by atoms with van der Waals surface area (Å²) in [6.07, 6.45) is 1.48. The number of amides is 1. The summed E-state index contributed by atoms with van der Waals surface area (Å²) in [6.45, 7) is 3.27. The Hall–Kier alpha value is -4.64. The van der Waals surface area contributed by atoms with Crippen LogP contribution in [0.1, 0.15) is 17.0 Å². The van der Waals surface area contributed by atoms with E-state index in [2.05, 4.69) is 10.5 Å². The summed E-state index contributed by atoms with van der Waals surface area (Å²) in [5.41, 5.74) is 5.98. The average Bonchev–Trinajstić information content (AvgIpc) is 3.24. The van der Waals surface area contributed by atoms with Gasteiger partial charge in [0.1, 0.15) is 12.4 Å². The highest BCUT2D eigenvalue weighted by molar-refractivity contribution is 7.92. The molecule has 11 heteroatoms. The van der Waals surface area contributed by atoms with Crippen molar-refractivity contribution in [2.24, 2.45) is 5.10 Å². The topological polar surface area (TPSA) is 102 Å². The van der Waals surface area contributed by atoms with E-state index in [1.54, 1.807) is 42.5 Å². The van der Waals surface area contributed by atoms with Crippen LogP contribution >= 0.6 is 0 Å². The number of anilines is 1. The van der Waals surface area contributed by atoms with E-state index >= 15 is 0 Å². The van der Waals surface area contributed by atoms with Gasteiger partial charge in [0, 0.05) is 28.7 Å². The Balaban J connectivity index is 1.56. The minimum atomic E-state index is -4.17. The molecular weight excluding hydrogens is 535 g/mol. The lowest BCUT2D eigenvalue weighted by Crippen LogP contribution is -2.39. The second-order valence-corrected chi connectivity index (χ2v) is 10.7. The summed E-state index contributed by atoms with van der Waals surface area (Å²) in [7, 11) is -1.31. The van der Waals surface area contributed by atoms with E-state index in [0.717, 1.165) is 26.9 Å². The maximum Gasteiger partial charge on any atom is 0.264 e. The second kappa shape index (κ2) is 12.0. The van der Waals surface area contributed by atoms with E-state index in [9.17, 15) is 17.6 Å². The summed E-state index contributed by atoms with van der Waals surface area (Å²) < 4.78 is 54.1. The number of hydrogen-bond donors (Lipinski definition) is 1. The lowest BCUT2D eigenvalue weighted by atomic mass is 10.2. The van der Waals surface area contributed by atoms with Gasteiger partial charge in [-0.05, 0) is 68.4 Å². The van der Waals surface area contributed by atoms with Crippen LogP contribution in [0.3, 0.4) is 0 Å². The molecule has 3 aromatic carbocycles. The van der Waals surface area contributed by atoms with E-state index in [1.165, 1.54) is 50.8 Å². The third kappa shape index (κ3) is 5.99. The Morgan fingerprint density at radius 1 is 0.975 bits per heavy atom. The molecule has 4 aromatic rings. The molecule has 0 saturated heterocycles. The molecule has 40 heavy (non-hydrogen) atoms. The fourth-order valence-electron chi connectivity index (χ4n) is 4.26. The zero-order valence-corrected chi connectivity index (χ0v) is 23.3. The van der Waals surface area contributed by atoms with Crippen LogP contribution in [0.2, 0.25) is 0 Å². The first-order valence-corrected chi connectivity index (χ1v) is 13.7. The highest BCUT2D eigenvalue weighted by atomic mass is 32.2. The van der Waals surface area contributed by atoms with Crippen molar-refractivity contribution in [2.75, 3.05) is 25.1 Å². The Bertz CT molecular complexity index is 1640. The van der Waals surface area contributed by atoms with Crippen LogP contribution in [0, 0.1) is 19.7 Å². The quantitative estimate of drug-likeness (QED) is 0.224. The number of aromatic nitrogens is 1. The Morgan fingerprint density at radius 3 is 2.30 bits per heavy atom. The van der Waals surface area contributed by atoms with Gasteiger partial charge in [0.2, 0.25) is 0 Å². The Labute approximate surface area is 232 Å². The number of hydrazone groups is 1. The van der Waals surface area contributed by atoms with Crippen molar-refractivity contribution in [3.8, 4) is 17.2 Å². The zero-order valence-electron chi connectivity index (χ0n) is 22.5. The average molecular weight is 565 g/mol. The van der Waals surface area contributed by atoms with Crippen LogP contribution < -0.4 is 19.2 Å².